The average molecular weight is 380 g/mol. The number of ether oxygens (including phenoxy) is 1. The molecular formula is C23H28N2O3. The average Bonchev–Trinajstić information content (AvgIpc) is 2.75. The molecule has 2 heterocycles. The summed E-state index contributed by atoms with van der Waals surface area (Å²) >= 11 is 0. The number of para-hydroxylation sites is 1. The van der Waals surface area contributed by atoms with Crippen molar-refractivity contribution in [1.82, 2.24) is 10.2 Å². The van der Waals surface area contributed by atoms with Crippen molar-refractivity contribution in [1.29, 1.82) is 0 Å². The van der Waals surface area contributed by atoms with Gasteiger partial charge in [-0.05, 0) is 43.5 Å². The van der Waals surface area contributed by atoms with Gasteiger partial charge < -0.3 is 15.2 Å². The first-order chi connectivity index (χ1) is 13.7. The summed E-state index contributed by atoms with van der Waals surface area (Å²) in [5.74, 6) is 1.18. The molecule has 4 rings (SSSR count). The summed E-state index contributed by atoms with van der Waals surface area (Å²) in [7, 11) is 0. The molecule has 2 unspecified atom stereocenters. The van der Waals surface area contributed by atoms with Gasteiger partial charge in [0.05, 0.1) is 25.3 Å². The van der Waals surface area contributed by atoms with Gasteiger partial charge in [0.1, 0.15) is 5.75 Å². The van der Waals surface area contributed by atoms with Gasteiger partial charge in [-0.1, -0.05) is 48.5 Å². The first kappa shape index (κ1) is 19.0. The second-order valence-electron chi connectivity index (χ2n) is 7.76. The summed E-state index contributed by atoms with van der Waals surface area (Å²) in [5.41, 5.74) is 2.05. The predicted octanol–water partition coefficient (Wildman–Crippen LogP) is 3.07. The number of rotatable bonds is 5. The van der Waals surface area contributed by atoms with Crippen molar-refractivity contribution >= 4 is 5.91 Å². The topological polar surface area (TPSA) is 61.8 Å². The molecular weight excluding hydrogens is 352 g/mol. The van der Waals surface area contributed by atoms with E-state index in [0.29, 0.717) is 13.2 Å². The highest BCUT2D eigenvalue weighted by Gasteiger charge is 2.28. The zero-order chi connectivity index (χ0) is 19.3. The van der Waals surface area contributed by atoms with E-state index in [-0.39, 0.29) is 17.9 Å². The Labute approximate surface area is 166 Å². The number of hydrogen-bond donors (Lipinski definition) is 2. The summed E-state index contributed by atoms with van der Waals surface area (Å²) in [6, 6.07) is 17.8. The Morgan fingerprint density at radius 3 is 2.57 bits per heavy atom. The smallest absolute Gasteiger partial charge is 0.234 e. The van der Waals surface area contributed by atoms with Crippen molar-refractivity contribution < 1.29 is 14.6 Å². The fourth-order valence-electron chi connectivity index (χ4n) is 4.28. The van der Waals surface area contributed by atoms with E-state index in [1.54, 1.807) is 0 Å². The number of carbonyl (C=O) groups is 1. The van der Waals surface area contributed by atoms with Gasteiger partial charge in [0.2, 0.25) is 5.91 Å². The SMILES string of the molecule is O=C(CN1CCC(C(O)c2ccccc2)CC1)NC1CCOc2ccccc21. The molecule has 0 saturated carbocycles. The van der Waals surface area contributed by atoms with Crippen LogP contribution < -0.4 is 10.1 Å². The van der Waals surface area contributed by atoms with E-state index in [9.17, 15) is 9.90 Å². The van der Waals surface area contributed by atoms with E-state index in [1.807, 2.05) is 54.6 Å². The monoisotopic (exact) mass is 380 g/mol. The molecule has 2 N–H and O–H groups in total. The van der Waals surface area contributed by atoms with Gasteiger partial charge in [0.15, 0.2) is 0 Å². The van der Waals surface area contributed by atoms with E-state index in [0.717, 1.165) is 49.2 Å². The third kappa shape index (κ3) is 4.37. The normalized spacial score (nSPS) is 21.4. The van der Waals surface area contributed by atoms with Crippen LogP contribution in [0.25, 0.3) is 0 Å². The fourth-order valence-corrected chi connectivity index (χ4v) is 4.28. The Bertz CT molecular complexity index is 787. The van der Waals surface area contributed by atoms with Crippen LogP contribution in [0.5, 0.6) is 5.75 Å². The molecule has 1 saturated heterocycles. The van der Waals surface area contributed by atoms with Gasteiger partial charge in [-0.15, -0.1) is 0 Å². The Hall–Kier alpha value is -2.37. The first-order valence-electron chi connectivity index (χ1n) is 10.2. The Morgan fingerprint density at radius 1 is 1.07 bits per heavy atom. The van der Waals surface area contributed by atoms with Gasteiger partial charge in [0, 0.05) is 12.0 Å². The van der Waals surface area contributed by atoms with E-state index in [1.165, 1.54) is 0 Å². The van der Waals surface area contributed by atoms with Crippen LogP contribution in [-0.2, 0) is 4.79 Å². The molecule has 5 heteroatoms. The largest absolute Gasteiger partial charge is 0.493 e. The summed E-state index contributed by atoms with van der Waals surface area (Å²) < 4.78 is 5.67. The maximum Gasteiger partial charge on any atom is 0.234 e. The molecule has 2 atom stereocenters. The highest BCUT2D eigenvalue weighted by molar-refractivity contribution is 5.78. The van der Waals surface area contributed by atoms with Crippen LogP contribution in [0.3, 0.4) is 0 Å². The van der Waals surface area contributed by atoms with Crippen LogP contribution >= 0.6 is 0 Å². The molecule has 2 aromatic carbocycles. The minimum Gasteiger partial charge on any atom is -0.493 e. The lowest BCUT2D eigenvalue weighted by atomic mass is 9.87. The van der Waals surface area contributed by atoms with Gasteiger partial charge >= 0.3 is 0 Å². The quantitative estimate of drug-likeness (QED) is 0.837. The Morgan fingerprint density at radius 2 is 1.79 bits per heavy atom. The molecule has 1 fully saturated rings. The third-order valence-electron chi connectivity index (χ3n) is 5.88. The zero-order valence-electron chi connectivity index (χ0n) is 16.1. The molecule has 1 amide bonds. The van der Waals surface area contributed by atoms with Gasteiger partial charge in [-0.25, -0.2) is 0 Å². The van der Waals surface area contributed by atoms with Crippen LogP contribution in [0, 0.1) is 5.92 Å². The van der Waals surface area contributed by atoms with Crippen LogP contribution in [0.1, 0.15) is 42.5 Å². The highest BCUT2D eigenvalue weighted by atomic mass is 16.5. The molecule has 2 aliphatic rings. The summed E-state index contributed by atoms with van der Waals surface area (Å²) in [6.45, 7) is 2.72. The molecule has 5 nitrogen and oxygen atoms in total. The van der Waals surface area contributed by atoms with E-state index < -0.39 is 6.10 Å². The minimum atomic E-state index is -0.420. The number of carbonyl (C=O) groups excluding carboxylic acids is 1. The van der Waals surface area contributed by atoms with Crippen LogP contribution in [0.15, 0.2) is 54.6 Å². The summed E-state index contributed by atoms with van der Waals surface area (Å²) in [4.78, 5) is 14.8. The van der Waals surface area contributed by atoms with E-state index >= 15 is 0 Å². The maximum absolute atomic E-state index is 12.6. The number of nitrogens with zero attached hydrogens (tertiary/aromatic N) is 1. The van der Waals surface area contributed by atoms with E-state index in [4.69, 9.17) is 4.74 Å². The van der Waals surface area contributed by atoms with Crippen LogP contribution in [0.2, 0.25) is 0 Å². The molecule has 148 valence electrons. The highest BCUT2D eigenvalue weighted by Crippen LogP contribution is 2.32. The van der Waals surface area contributed by atoms with Crippen molar-refractivity contribution in [2.45, 2.75) is 31.4 Å². The predicted molar refractivity (Wildman–Crippen MR) is 108 cm³/mol. The number of aliphatic hydroxyl groups is 1. The Balaban J connectivity index is 1.27. The minimum absolute atomic E-state index is 0.0230. The maximum atomic E-state index is 12.6. The summed E-state index contributed by atoms with van der Waals surface area (Å²) in [6.07, 6.45) is 2.19. The zero-order valence-corrected chi connectivity index (χ0v) is 16.1. The number of benzene rings is 2. The van der Waals surface area contributed by atoms with Crippen LogP contribution in [0.4, 0.5) is 0 Å². The molecule has 2 aliphatic heterocycles. The number of piperidine rings is 1. The second-order valence-corrected chi connectivity index (χ2v) is 7.76. The number of hydrogen-bond acceptors (Lipinski definition) is 4. The lowest BCUT2D eigenvalue weighted by Gasteiger charge is -2.34. The third-order valence-corrected chi connectivity index (χ3v) is 5.88. The second kappa shape index (κ2) is 8.76. The van der Waals surface area contributed by atoms with Gasteiger partial charge in [-0.3, -0.25) is 9.69 Å². The molecule has 28 heavy (non-hydrogen) atoms. The van der Waals surface area contributed by atoms with Crippen molar-refractivity contribution in [2.24, 2.45) is 5.92 Å². The van der Waals surface area contributed by atoms with Crippen LogP contribution in [-0.4, -0.2) is 42.2 Å². The van der Waals surface area contributed by atoms with Crippen molar-refractivity contribution in [3.8, 4) is 5.75 Å². The number of aliphatic hydroxyl groups excluding tert-OH is 1. The number of likely N-dealkylation sites (tertiary alicyclic amines) is 1. The van der Waals surface area contributed by atoms with Crippen molar-refractivity contribution in [2.75, 3.05) is 26.2 Å². The molecule has 0 aromatic heterocycles. The first-order valence-corrected chi connectivity index (χ1v) is 10.2. The number of amides is 1. The molecule has 2 aromatic rings. The molecule has 0 aliphatic carbocycles. The van der Waals surface area contributed by atoms with Gasteiger partial charge in [0.25, 0.3) is 0 Å². The standard InChI is InChI=1S/C23H28N2O3/c26-22(24-20-12-15-28-21-9-5-4-8-19(20)21)16-25-13-10-18(11-14-25)23(27)17-6-2-1-3-7-17/h1-9,18,20,23,27H,10-16H2,(H,24,26). The fraction of sp³-hybridized carbons (Fsp3) is 0.435. The van der Waals surface area contributed by atoms with Crippen molar-refractivity contribution in [3.05, 3.63) is 65.7 Å². The van der Waals surface area contributed by atoms with Gasteiger partial charge in [-0.2, -0.15) is 0 Å². The molecule has 0 radical (unpaired) electrons. The summed E-state index contributed by atoms with van der Waals surface area (Å²) in [5, 5.41) is 13.8. The number of fused-ring (bicyclic) bond motifs is 1. The van der Waals surface area contributed by atoms with Crippen molar-refractivity contribution in [3.63, 3.8) is 0 Å². The molecule has 0 spiro atoms. The molecule has 0 bridgehead atoms. The number of nitrogens with one attached hydrogen (secondary N) is 1. The Kier molecular flexibility index (Phi) is 5.93. The lowest BCUT2D eigenvalue weighted by molar-refractivity contribution is -0.123. The van der Waals surface area contributed by atoms with E-state index in [2.05, 4.69) is 10.2 Å². The lowest BCUT2D eigenvalue weighted by Crippen LogP contribution is -2.43.